The smallest absolute Gasteiger partial charge is 0.0584 e. The van der Waals surface area contributed by atoms with Gasteiger partial charge in [-0.1, -0.05) is 33.1 Å². The van der Waals surface area contributed by atoms with Crippen LogP contribution in [0.5, 0.6) is 0 Å². The van der Waals surface area contributed by atoms with Crippen molar-refractivity contribution in [1.29, 1.82) is 0 Å². The van der Waals surface area contributed by atoms with Gasteiger partial charge >= 0.3 is 0 Å². The normalized spacial score (nSPS) is 22.6. The van der Waals surface area contributed by atoms with E-state index in [1.54, 1.807) is 0 Å². The van der Waals surface area contributed by atoms with E-state index in [1.165, 1.54) is 38.5 Å². The van der Waals surface area contributed by atoms with Crippen LogP contribution in [0, 0.1) is 5.92 Å². The van der Waals surface area contributed by atoms with Gasteiger partial charge in [0.2, 0.25) is 0 Å². The molecule has 0 bridgehead atoms. The summed E-state index contributed by atoms with van der Waals surface area (Å²) in [7, 11) is 0. The highest BCUT2D eigenvalue weighted by atomic mass is 16.3. The molecule has 2 nitrogen and oxygen atoms in total. The first-order valence-corrected chi connectivity index (χ1v) is 6.68. The number of aliphatic hydroxyl groups is 1. The van der Waals surface area contributed by atoms with Gasteiger partial charge in [-0.05, 0) is 31.6 Å². The monoisotopic (exact) mass is 213 g/mol. The van der Waals surface area contributed by atoms with Gasteiger partial charge in [-0.2, -0.15) is 0 Å². The molecule has 90 valence electrons. The molecule has 0 amide bonds. The lowest BCUT2D eigenvalue weighted by Crippen LogP contribution is -2.44. The second-order valence-corrected chi connectivity index (χ2v) is 4.87. The predicted octanol–water partition coefficient (Wildman–Crippen LogP) is 2.71. The molecular weight excluding hydrogens is 186 g/mol. The van der Waals surface area contributed by atoms with E-state index >= 15 is 0 Å². The maximum absolute atomic E-state index is 9.21. The average molecular weight is 213 g/mol. The Hall–Kier alpha value is -0.0800. The van der Waals surface area contributed by atoms with E-state index in [2.05, 4.69) is 19.2 Å². The van der Waals surface area contributed by atoms with Crippen LogP contribution >= 0.6 is 0 Å². The summed E-state index contributed by atoms with van der Waals surface area (Å²) in [5.74, 6) is 0.851. The van der Waals surface area contributed by atoms with Crippen molar-refractivity contribution in [3.05, 3.63) is 0 Å². The third-order valence-electron chi connectivity index (χ3n) is 3.82. The molecule has 1 fully saturated rings. The Kier molecular flexibility index (Phi) is 6.26. The molecule has 0 aromatic heterocycles. The zero-order valence-electron chi connectivity index (χ0n) is 10.3. The largest absolute Gasteiger partial charge is 0.395 e. The Morgan fingerprint density at radius 3 is 2.27 bits per heavy atom. The van der Waals surface area contributed by atoms with E-state index < -0.39 is 0 Å². The first-order chi connectivity index (χ1) is 7.31. The van der Waals surface area contributed by atoms with Crippen molar-refractivity contribution in [2.75, 3.05) is 6.61 Å². The number of aliphatic hydroxyl groups excluding tert-OH is 1. The maximum atomic E-state index is 9.21. The van der Waals surface area contributed by atoms with Gasteiger partial charge in [0.05, 0.1) is 6.61 Å². The maximum Gasteiger partial charge on any atom is 0.0584 e. The Bertz CT molecular complexity index is 151. The van der Waals surface area contributed by atoms with Crippen LogP contribution in [-0.4, -0.2) is 23.8 Å². The summed E-state index contributed by atoms with van der Waals surface area (Å²) >= 11 is 0. The number of hydrogen-bond acceptors (Lipinski definition) is 2. The minimum absolute atomic E-state index is 0.278. The van der Waals surface area contributed by atoms with E-state index in [0.717, 1.165) is 12.3 Å². The molecule has 2 N–H and O–H groups in total. The molecule has 0 aliphatic heterocycles. The Morgan fingerprint density at radius 1 is 1.13 bits per heavy atom. The van der Waals surface area contributed by atoms with Gasteiger partial charge in [0.1, 0.15) is 0 Å². The van der Waals surface area contributed by atoms with Crippen molar-refractivity contribution in [2.24, 2.45) is 5.92 Å². The average Bonchev–Trinajstić information content (AvgIpc) is 2.32. The summed E-state index contributed by atoms with van der Waals surface area (Å²) < 4.78 is 0. The molecule has 2 atom stereocenters. The lowest BCUT2D eigenvalue weighted by molar-refractivity contribution is 0.191. The third kappa shape index (κ3) is 4.12. The van der Waals surface area contributed by atoms with Gasteiger partial charge in [0.25, 0.3) is 0 Å². The highest BCUT2D eigenvalue weighted by molar-refractivity contribution is 4.81. The molecule has 0 radical (unpaired) electrons. The number of hydrogen-bond donors (Lipinski definition) is 2. The predicted molar refractivity (Wildman–Crippen MR) is 65.0 cm³/mol. The van der Waals surface area contributed by atoms with Crippen molar-refractivity contribution in [2.45, 2.75) is 70.9 Å². The summed E-state index contributed by atoms with van der Waals surface area (Å²) in [5.41, 5.74) is 0. The Labute approximate surface area is 94.5 Å². The molecule has 0 spiro atoms. The van der Waals surface area contributed by atoms with Gasteiger partial charge in [-0.25, -0.2) is 0 Å². The van der Waals surface area contributed by atoms with E-state index in [0.29, 0.717) is 12.1 Å². The summed E-state index contributed by atoms with van der Waals surface area (Å²) in [6.07, 6.45) is 9.21. The molecule has 1 rings (SSSR count). The molecule has 0 aromatic rings. The van der Waals surface area contributed by atoms with Crippen molar-refractivity contribution in [3.63, 3.8) is 0 Å². The van der Waals surface area contributed by atoms with E-state index in [-0.39, 0.29) is 6.61 Å². The van der Waals surface area contributed by atoms with Crippen molar-refractivity contribution in [1.82, 2.24) is 5.32 Å². The lowest BCUT2D eigenvalue weighted by Gasteiger charge is -2.32. The van der Waals surface area contributed by atoms with Gasteiger partial charge < -0.3 is 10.4 Å². The van der Waals surface area contributed by atoms with Crippen LogP contribution in [0.1, 0.15) is 58.8 Å². The molecular formula is C13H27NO. The van der Waals surface area contributed by atoms with E-state index in [1.807, 2.05) is 0 Å². The van der Waals surface area contributed by atoms with Crippen molar-refractivity contribution >= 4 is 0 Å². The first-order valence-electron chi connectivity index (χ1n) is 6.68. The topological polar surface area (TPSA) is 32.3 Å². The fourth-order valence-corrected chi connectivity index (χ4v) is 2.73. The summed E-state index contributed by atoms with van der Waals surface area (Å²) in [6, 6.07) is 0.930. The standard InChI is InChI=1S/C13H27NO/c1-3-12(10-15)14-13(4-2)11-8-6-5-7-9-11/h11-15H,3-10H2,1-2H3. The number of rotatable bonds is 6. The zero-order chi connectivity index (χ0) is 11.1. The SMILES string of the molecule is CCC(CO)NC(CC)C1CCCCC1. The van der Waals surface area contributed by atoms with Crippen LogP contribution in [0.4, 0.5) is 0 Å². The minimum atomic E-state index is 0.278. The fourth-order valence-electron chi connectivity index (χ4n) is 2.73. The Balaban J connectivity index is 2.38. The quantitative estimate of drug-likeness (QED) is 0.711. The molecule has 1 aliphatic rings. The van der Waals surface area contributed by atoms with E-state index in [4.69, 9.17) is 0 Å². The molecule has 0 aromatic carbocycles. The van der Waals surface area contributed by atoms with Crippen LogP contribution in [0.3, 0.4) is 0 Å². The summed E-state index contributed by atoms with van der Waals surface area (Å²) in [4.78, 5) is 0. The zero-order valence-corrected chi connectivity index (χ0v) is 10.3. The second kappa shape index (κ2) is 7.24. The molecule has 0 heterocycles. The third-order valence-corrected chi connectivity index (χ3v) is 3.82. The van der Waals surface area contributed by atoms with Crippen LogP contribution in [-0.2, 0) is 0 Å². The minimum Gasteiger partial charge on any atom is -0.395 e. The van der Waals surface area contributed by atoms with Gasteiger partial charge in [-0.3, -0.25) is 0 Å². The van der Waals surface area contributed by atoms with Gasteiger partial charge in [0.15, 0.2) is 0 Å². The van der Waals surface area contributed by atoms with E-state index in [9.17, 15) is 5.11 Å². The number of nitrogens with one attached hydrogen (secondary N) is 1. The highest BCUT2D eigenvalue weighted by Crippen LogP contribution is 2.27. The molecule has 1 saturated carbocycles. The molecule has 15 heavy (non-hydrogen) atoms. The van der Waals surface area contributed by atoms with Crippen LogP contribution < -0.4 is 5.32 Å². The summed E-state index contributed by atoms with van der Waals surface area (Å²) in [5, 5.41) is 12.8. The van der Waals surface area contributed by atoms with Crippen LogP contribution in [0.2, 0.25) is 0 Å². The summed E-state index contributed by atoms with van der Waals surface area (Å²) in [6.45, 7) is 4.68. The van der Waals surface area contributed by atoms with Crippen molar-refractivity contribution < 1.29 is 5.11 Å². The fraction of sp³-hybridized carbons (Fsp3) is 1.00. The van der Waals surface area contributed by atoms with Crippen molar-refractivity contribution in [3.8, 4) is 0 Å². The first kappa shape index (κ1) is 13.0. The highest BCUT2D eigenvalue weighted by Gasteiger charge is 2.23. The van der Waals surface area contributed by atoms with Gasteiger partial charge in [0, 0.05) is 12.1 Å². The van der Waals surface area contributed by atoms with Crippen LogP contribution in [0.15, 0.2) is 0 Å². The molecule has 0 saturated heterocycles. The molecule has 2 heteroatoms. The Morgan fingerprint density at radius 2 is 1.80 bits per heavy atom. The lowest BCUT2D eigenvalue weighted by atomic mass is 9.82. The molecule has 1 aliphatic carbocycles. The second-order valence-electron chi connectivity index (χ2n) is 4.87. The molecule has 2 unspecified atom stereocenters. The van der Waals surface area contributed by atoms with Crippen LogP contribution in [0.25, 0.3) is 0 Å². The van der Waals surface area contributed by atoms with Gasteiger partial charge in [-0.15, -0.1) is 0 Å².